The molecule has 9 nitrogen and oxygen atoms in total. The van der Waals surface area contributed by atoms with Crippen LogP contribution in [0.15, 0.2) is 53.0 Å². The summed E-state index contributed by atoms with van der Waals surface area (Å²) in [4.78, 5) is 52.3. The highest BCUT2D eigenvalue weighted by Crippen LogP contribution is 2.24. The largest absolute Gasteiger partial charge is 0.444 e. The van der Waals surface area contributed by atoms with Gasteiger partial charge in [0, 0.05) is 55.3 Å². The predicted octanol–water partition coefficient (Wildman–Crippen LogP) is 9.25. The lowest BCUT2D eigenvalue weighted by Gasteiger charge is -2.33. The summed E-state index contributed by atoms with van der Waals surface area (Å²) in [6.07, 6.45) is 2.96. The van der Waals surface area contributed by atoms with Gasteiger partial charge in [-0.2, -0.15) is 5.26 Å². The minimum atomic E-state index is -0.504. The van der Waals surface area contributed by atoms with Gasteiger partial charge >= 0.3 is 12.2 Å². The van der Waals surface area contributed by atoms with E-state index in [4.69, 9.17) is 14.7 Å². The number of hydrogen-bond acceptors (Lipinski definition) is 7. The number of piperidine rings is 2. The Morgan fingerprint density at radius 2 is 1.10 bits per heavy atom. The molecule has 0 aromatic heterocycles. The number of nitriles is 1. The fraction of sp³-hybridized carbons (Fsp3) is 0.550. The molecule has 2 aliphatic heterocycles. The minimum Gasteiger partial charge on any atom is -0.444 e. The van der Waals surface area contributed by atoms with Crippen LogP contribution in [-0.4, -0.2) is 70.9 Å². The van der Waals surface area contributed by atoms with Crippen molar-refractivity contribution in [3.8, 4) is 6.07 Å². The molecule has 2 aliphatic rings. The summed E-state index contributed by atoms with van der Waals surface area (Å²) in [5, 5.41) is 8.92. The van der Waals surface area contributed by atoms with E-state index in [-0.39, 0.29) is 57.9 Å². The Hall–Kier alpha value is -3.71. The highest BCUT2D eigenvalue weighted by atomic mass is 79.9. The molecule has 278 valence electrons. The van der Waals surface area contributed by atoms with Crippen molar-refractivity contribution in [3.05, 3.63) is 77.1 Å². The maximum atomic E-state index is 12.5. The Morgan fingerprint density at radius 1 is 0.720 bits per heavy atom. The van der Waals surface area contributed by atoms with Gasteiger partial charge in [0.1, 0.15) is 22.8 Å². The molecule has 2 amide bonds. The molecule has 0 atom stereocenters. The zero-order valence-corrected chi connectivity index (χ0v) is 31.1. The van der Waals surface area contributed by atoms with Gasteiger partial charge in [-0.05, 0) is 103 Å². The topological polar surface area (TPSA) is 117 Å². The average Bonchev–Trinajstić information content (AvgIpc) is 3.00. The fourth-order valence-electron chi connectivity index (χ4n) is 5.51. The number of rotatable bonds is 6. The number of carbonyl (C=O) groups is 4. The SMILES string of the molecule is C.C.CC(C)(C)OC(=O)N1CCC(C(=O)Cc2cccc(Br)c2)CC1.CC(C)(C)OC(=O)N1CCC(C(=O)Cc2cccc(C#N)c2)CC1.[CH3-]. The first-order valence-electron chi connectivity index (χ1n) is 16.3. The Bertz CT molecular complexity index is 1440. The Balaban J connectivity index is 0.000000907. The standard InChI is InChI=1S/C19H24N2O3.C18H24BrNO3.2CH4.CH3/c1-19(2,3)24-18(23)21-9-7-16(8-10-21)17(22)12-14-5-4-6-15(11-14)13-20;1-18(2,3)23-17(22)20-9-7-14(8-10-20)16(21)12-13-5-4-6-15(19)11-13;;;/h4-6,11,16H,7-10,12H2,1-3H3;4-6,11,14H,7-10,12H2,1-3H3;2*1H4;1H3/q;;;;-1. The Kier molecular flexibility index (Phi) is 19.3. The second-order valence-electron chi connectivity index (χ2n) is 14.2. The molecular formula is C40H59BrN3O6-. The summed E-state index contributed by atoms with van der Waals surface area (Å²) < 4.78 is 11.7. The minimum absolute atomic E-state index is 0. The van der Waals surface area contributed by atoms with Crippen LogP contribution < -0.4 is 0 Å². The van der Waals surface area contributed by atoms with Crippen LogP contribution in [0.5, 0.6) is 0 Å². The molecule has 50 heavy (non-hydrogen) atoms. The average molecular weight is 758 g/mol. The second-order valence-corrected chi connectivity index (χ2v) is 15.1. The molecule has 0 aliphatic carbocycles. The summed E-state index contributed by atoms with van der Waals surface area (Å²) >= 11 is 3.43. The van der Waals surface area contributed by atoms with E-state index in [1.165, 1.54) is 0 Å². The Morgan fingerprint density at radius 3 is 1.46 bits per heavy atom. The van der Waals surface area contributed by atoms with Crippen LogP contribution in [0.3, 0.4) is 0 Å². The second kappa shape index (κ2) is 20.8. The molecule has 2 fully saturated rings. The van der Waals surface area contributed by atoms with Gasteiger partial charge < -0.3 is 26.7 Å². The molecule has 2 aromatic rings. The summed E-state index contributed by atoms with van der Waals surface area (Å²) in [6, 6.07) is 17.1. The molecule has 4 rings (SSSR count). The van der Waals surface area contributed by atoms with Crippen LogP contribution in [-0.2, 0) is 31.9 Å². The van der Waals surface area contributed by atoms with E-state index in [1.54, 1.807) is 28.0 Å². The van der Waals surface area contributed by atoms with Gasteiger partial charge in [0.25, 0.3) is 0 Å². The summed E-state index contributed by atoms with van der Waals surface area (Å²) in [5.41, 5.74) is 1.48. The van der Waals surface area contributed by atoms with Crippen LogP contribution in [0.4, 0.5) is 9.59 Å². The first-order valence-corrected chi connectivity index (χ1v) is 17.1. The number of carbonyl (C=O) groups excluding carboxylic acids is 4. The smallest absolute Gasteiger partial charge is 0.410 e. The quantitative estimate of drug-likeness (QED) is 0.270. The highest BCUT2D eigenvalue weighted by Gasteiger charge is 2.31. The van der Waals surface area contributed by atoms with E-state index in [0.29, 0.717) is 70.3 Å². The normalized spacial score (nSPS) is 15.0. The van der Waals surface area contributed by atoms with E-state index in [0.717, 1.165) is 15.6 Å². The third kappa shape index (κ3) is 15.9. The molecule has 0 saturated carbocycles. The lowest BCUT2D eigenvalue weighted by molar-refractivity contribution is -0.124. The van der Waals surface area contributed by atoms with E-state index in [2.05, 4.69) is 22.0 Å². The van der Waals surface area contributed by atoms with Crippen molar-refractivity contribution in [2.75, 3.05) is 26.2 Å². The van der Waals surface area contributed by atoms with Crippen molar-refractivity contribution in [1.82, 2.24) is 9.80 Å². The number of benzene rings is 2. The molecule has 2 heterocycles. The molecule has 0 radical (unpaired) electrons. The zero-order valence-electron chi connectivity index (χ0n) is 29.5. The summed E-state index contributed by atoms with van der Waals surface area (Å²) in [5.74, 6) is 0.433. The lowest BCUT2D eigenvalue weighted by atomic mass is 9.89. The zero-order chi connectivity index (χ0) is 34.8. The molecule has 2 saturated heterocycles. The van der Waals surface area contributed by atoms with Gasteiger partial charge in [-0.1, -0.05) is 55.0 Å². The number of likely N-dealkylation sites (tertiary alicyclic amines) is 2. The van der Waals surface area contributed by atoms with Gasteiger partial charge in [-0.25, -0.2) is 9.59 Å². The van der Waals surface area contributed by atoms with Gasteiger partial charge in [0.2, 0.25) is 0 Å². The molecule has 0 N–H and O–H groups in total. The van der Waals surface area contributed by atoms with Gasteiger partial charge in [0.15, 0.2) is 0 Å². The maximum absolute atomic E-state index is 12.5. The Labute approximate surface area is 309 Å². The maximum Gasteiger partial charge on any atom is 0.410 e. The van der Waals surface area contributed by atoms with Crippen molar-refractivity contribution in [2.45, 2.75) is 106 Å². The van der Waals surface area contributed by atoms with E-state index >= 15 is 0 Å². The van der Waals surface area contributed by atoms with Gasteiger partial charge in [-0.15, -0.1) is 0 Å². The van der Waals surface area contributed by atoms with Crippen molar-refractivity contribution < 1.29 is 28.7 Å². The molecule has 0 unspecified atom stereocenters. The van der Waals surface area contributed by atoms with E-state index < -0.39 is 11.2 Å². The number of halogens is 1. The first-order chi connectivity index (χ1) is 22.0. The molecule has 0 spiro atoms. The van der Waals surface area contributed by atoms with Gasteiger partial charge in [-0.3, -0.25) is 9.59 Å². The predicted molar refractivity (Wildman–Crippen MR) is 204 cm³/mol. The van der Waals surface area contributed by atoms with Crippen LogP contribution >= 0.6 is 15.9 Å². The third-order valence-electron chi connectivity index (χ3n) is 7.91. The van der Waals surface area contributed by atoms with Crippen molar-refractivity contribution in [2.24, 2.45) is 11.8 Å². The number of amides is 2. The monoisotopic (exact) mass is 756 g/mol. The number of Topliss-reactive ketones (excluding diaryl/α,β-unsaturated/α-hetero) is 2. The van der Waals surface area contributed by atoms with Crippen LogP contribution in [0.1, 0.15) is 98.8 Å². The van der Waals surface area contributed by atoms with Crippen LogP contribution in [0, 0.1) is 30.6 Å². The molecular weight excluding hydrogens is 698 g/mol. The van der Waals surface area contributed by atoms with E-state index in [1.807, 2.05) is 71.9 Å². The highest BCUT2D eigenvalue weighted by molar-refractivity contribution is 9.10. The fourth-order valence-corrected chi connectivity index (χ4v) is 5.96. The summed E-state index contributed by atoms with van der Waals surface area (Å²) in [6.45, 7) is 13.4. The van der Waals surface area contributed by atoms with Crippen LogP contribution in [0.2, 0.25) is 0 Å². The van der Waals surface area contributed by atoms with Crippen LogP contribution in [0.25, 0.3) is 0 Å². The molecule has 2 aromatic carbocycles. The summed E-state index contributed by atoms with van der Waals surface area (Å²) in [7, 11) is 0. The number of hydrogen-bond donors (Lipinski definition) is 0. The molecule has 10 heteroatoms. The van der Waals surface area contributed by atoms with Crippen molar-refractivity contribution in [1.29, 1.82) is 5.26 Å². The van der Waals surface area contributed by atoms with Crippen molar-refractivity contribution in [3.63, 3.8) is 0 Å². The van der Waals surface area contributed by atoms with Gasteiger partial charge in [0.05, 0.1) is 11.6 Å². The van der Waals surface area contributed by atoms with E-state index in [9.17, 15) is 19.2 Å². The number of ketones is 2. The third-order valence-corrected chi connectivity index (χ3v) is 8.40. The number of ether oxygens (including phenoxy) is 2. The molecule has 0 bridgehead atoms. The van der Waals surface area contributed by atoms with Crippen molar-refractivity contribution >= 4 is 39.7 Å². The first kappa shape index (κ1) is 46.3. The lowest BCUT2D eigenvalue weighted by Crippen LogP contribution is -2.43. The number of nitrogens with zero attached hydrogens (tertiary/aromatic N) is 3.